The minimum atomic E-state index is -3.64. The van der Waals surface area contributed by atoms with Crippen molar-refractivity contribution in [2.24, 2.45) is 0 Å². The van der Waals surface area contributed by atoms with E-state index in [1.54, 1.807) is 17.5 Å². The standard InChI is InChI=1S/C14H15FN2O2S2/c15-12-4-1-5-13(9-12)21(18,19)17-7-2-3-11(10-17)14-16-6-8-20-14/h1,4-6,8-9,11H,2-3,7,10H2/t11-/m0/s1. The third kappa shape index (κ3) is 3.00. The van der Waals surface area contributed by atoms with Gasteiger partial charge in [-0.15, -0.1) is 11.3 Å². The second-order valence-electron chi connectivity index (χ2n) is 5.03. The normalized spacial score (nSPS) is 20.5. The van der Waals surface area contributed by atoms with E-state index in [9.17, 15) is 12.8 Å². The van der Waals surface area contributed by atoms with Crippen LogP contribution in [-0.4, -0.2) is 30.8 Å². The number of sulfonamides is 1. The van der Waals surface area contributed by atoms with E-state index in [0.717, 1.165) is 23.9 Å². The lowest BCUT2D eigenvalue weighted by Gasteiger charge is -2.30. The molecule has 21 heavy (non-hydrogen) atoms. The van der Waals surface area contributed by atoms with Gasteiger partial charge in [-0.3, -0.25) is 0 Å². The molecule has 0 saturated carbocycles. The molecule has 1 atom stereocenters. The second-order valence-corrected chi connectivity index (χ2v) is 7.89. The van der Waals surface area contributed by atoms with Crippen LogP contribution in [0, 0.1) is 5.82 Å². The molecule has 0 bridgehead atoms. The zero-order chi connectivity index (χ0) is 14.9. The zero-order valence-electron chi connectivity index (χ0n) is 11.3. The molecule has 0 spiro atoms. The molecule has 1 aromatic heterocycles. The Kier molecular flexibility index (Phi) is 4.05. The van der Waals surface area contributed by atoms with Gasteiger partial charge < -0.3 is 0 Å². The Labute approximate surface area is 127 Å². The van der Waals surface area contributed by atoms with Gasteiger partial charge >= 0.3 is 0 Å². The number of piperidine rings is 1. The summed E-state index contributed by atoms with van der Waals surface area (Å²) in [6.45, 7) is 0.882. The molecule has 4 nitrogen and oxygen atoms in total. The lowest BCUT2D eigenvalue weighted by molar-refractivity contribution is 0.315. The largest absolute Gasteiger partial charge is 0.249 e. The highest BCUT2D eigenvalue weighted by Gasteiger charge is 2.31. The van der Waals surface area contributed by atoms with E-state index >= 15 is 0 Å². The van der Waals surface area contributed by atoms with Gasteiger partial charge in [0, 0.05) is 30.6 Å². The lowest BCUT2D eigenvalue weighted by Crippen LogP contribution is -2.39. The Morgan fingerprint density at radius 1 is 1.38 bits per heavy atom. The van der Waals surface area contributed by atoms with Crippen LogP contribution in [0.2, 0.25) is 0 Å². The summed E-state index contributed by atoms with van der Waals surface area (Å²) in [6.07, 6.45) is 3.46. The molecule has 0 unspecified atom stereocenters. The summed E-state index contributed by atoms with van der Waals surface area (Å²) in [6, 6.07) is 5.17. The van der Waals surface area contributed by atoms with Crippen LogP contribution in [0.4, 0.5) is 4.39 Å². The summed E-state index contributed by atoms with van der Waals surface area (Å²) in [5.74, 6) is -0.411. The van der Waals surface area contributed by atoms with Crippen LogP contribution in [0.15, 0.2) is 40.7 Å². The number of hydrogen-bond donors (Lipinski definition) is 0. The van der Waals surface area contributed by atoms with E-state index in [-0.39, 0.29) is 10.8 Å². The van der Waals surface area contributed by atoms with Gasteiger partial charge in [0.05, 0.1) is 9.90 Å². The van der Waals surface area contributed by atoms with Crippen LogP contribution in [0.25, 0.3) is 0 Å². The average molecular weight is 326 g/mol. The van der Waals surface area contributed by atoms with Crippen molar-refractivity contribution >= 4 is 21.4 Å². The molecule has 7 heteroatoms. The van der Waals surface area contributed by atoms with Gasteiger partial charge in [0.1, 0.15) is 5.82 Å². The maximum atomic E-state index is 13.3. The molecule has 0 radical (unpaired) electrons. The molecule has 1 fully saturated rings. The van der Waals surface area contributed by atoms with Crippen molar-refractivity contribution in [3.05, 3.63) is 46.7 Å². The Morgan fingerprint density at radius 2 is 2.24 bits per heavy atom. The van der Waals surface area contributed by atoms with Gasteiger partial charge in [-0.1, -0.05) is 6.07 Å². The van der Waals surface area contributed by atoms with Gasteiger partial charge in [-0.05, 0) is 31.0 Å². The Morgan fingerprint density at radius 3 is 2.95 bits per heavy atom. The summed E-state index contributed by atoms with van der Waals surface area (Å²) in [5.41, 5.74) is 0. The summed E-state index contributed by atoms with van der Waals surface area (Å²) >= 11 is 1.55. The Bertz CT molecular complexity index is 716. The smallest absolute Gasteiger partial charge is 0.243 e. The quantitative estimate of drug-likeness (QED) is 0.871. The van der Waals surface area contributed by atoms with E-state index in [1.807, 2.05) is 5.38 Å². The van der Waals surface area contributed by atoms with Gasteiger partial charge in [0.25, 0.3) is 0 Å². The van der Waals surface area contributed by atoms with Crippen molar-refractivity contribution in [1.29, 1.82) is 0 Å². The van der Waals surface area contributed by atoms with Crippen molar-refractivity contribution in [3.63, 3.8) is 0 Å². The maximum absolute atomic E-state index is 13.3. The third-order valence-electron chi connectivity index (χ3n) is 3.62. The third-order valence-corrected chi connectivity index (χ3v) is 6.42. The molecule has 1 aromatic carbocycles. The lowest BCUT2D eigenvalue weighted by atomic mass is 10.0. The fourth-order valence-corrected chi connectivity index (χ4v) is 4.90. The van der Waals surface area contributed by atoms with Crippen molar-refractivity contribution in [2.75, 3.05) is 13.1 Å². The first-order chi connectivity index (χ1) is 10.1. The van der Waals surface area contributed by atoms with E-state index < -0.39 is 15.8 Å². The summed E-state index contributed by atoms with van der Waals surface area (Å²) in [5, 5.41) is 2.86. The Hall–Kier alpha value is -1.31. The molecule has 0 amide bonds. The topological polar surface area (TPSA) is 50.3 Å². The van der Waals surface area contributed by atoms with Gasteiger partial charge in [-0.25, -0.2) is 17.8 Å². The minimum absolute atomic E-state index is 0.0160. The number of aromatic nitrogens is 1. The average Bonchev–Trinajstić information content (AvgIpc) is 3.02. The fourth-order valence-electron chi connectivity index (χ4n) is 2.57. The van der Waals surface area contributed by atoms with Crippen molar-refractivity contribution in [1.82, 2.24) is 9.29 Å². The van der Waals surface area contributed by atoms with E-state index in [0.29, 0.717) is 13.1 Å². The second kappa shape index (κ2) is 5.82. The summed E-state index contributed by atoms with van der Waals surface area (Å²) in [7, 11) is -3.64. The van der Waals surface area contributed by atoms with Crippen LogP contribution in [0.1, 0.15) is 23.8 Å². The maximum Gasteiger partial charge on any atom is 0.243 e. The number of benzene rings is 1. The number of hydrogen-bond acceptors (Lipinski definition) is 4. The summed E-state index contributed by atoms with van der Waals surface area (Å²) in [4.78, 5) is 4.30. The van der Waals surface area contributed by atoms with E-state index in [2.05, 4.69) is 4.98 Å². The Balaban J connectivity index is 1.85. The van der Waals surface area contributed by atoms with E-state index in [4.69, 9.17) is 0 Å². The molecule has 0 N–H and O–H groups in total. The predicted octanol–water partition coefficient (Wildman–Crippen LogP) is 2.85. The van der Waals surface area contributed by atoms with Crippen molar-refractivity contribution in [2.45, 2.75) is 23.7 Å². The fraction of sp³-hybridized carbons (Fsp3) is 0.357. The molecule has 0 aliphatic carbocycles. The van der Waals surface area contributed by atoms with Crippen LogP contribution >= 0.6 is 11.3 Å². The molecule has 2 aromatic rings. The van der Waals surface area contributed by atoms with Crippen LogP contribution in [0.3, 0.4) is 0 Å². The highest BCUT2D eigenvalue weighted by Crippen LogP contribution is 2.31. The molecule has 2 heterocycles. The first kappa shape index (κ1) is 14.6. The molecule has 3 rings (SSSR count). The minimum Gasteiger partial charge on any atom is -0.249 e. The van der Waals surface area contributed by atoms with Crippen LogP contribution in [-0.2, 0) is 10.0 Å². The molecule has 112 valence electrons. The summed E-state index contributed by atoms with van der Waals surface area (Å²) < 4.78 is 39.9. The van der Waals surface area contributed by atoms with Crippen molar-refractivity contribution < 1.29 is 12.8 Å². The van der Waals surface area contributed by atoms with Crippen LogP contribution in [0.5, 0.6) is 0 Å². The number of rotatable bonds is 3. The molecule has 1 saturated heterocycles. The zero-order valence-corrected chi connectivity index (χ0v) is 12.9. The highest BCUT2D eigenvalue weighted by atomic mass is 32.2. The van der Waals surface area contributed by atoms with E-state index in [1.165, 1.54) is 22.5 Å². The first-order valence-electron chi connectivity index (χ1n) is 6.72. The van der Waals surface area contributed by atoms with Crippen LogP contribution < -0.4 is 0 Å². The molecular weight excluding hydrogens is 311 g/mol. The molecular formula is C14H15FN2O2S2. The number of nitrogens with zero attached hydrogens (tertiary/aromatic N) is 2. The number of halogens is 1. The highest BCUT2D eigenvalue weighted by molar-refractivity contribution is 7.89. The predicted molar refractivity (Wildman–Crippen MR) is 79.2 cm³/mol. The number of thiazole rings is 1. The van der Waals surface area contributed by atoms with Gasteiger partial charge in [0.2, 0.25) is 10.0 Å². The van der Waals surface area contributed by atoms with Crippen molar-refractivity contribution in [3.8, 4) is 0 Å². The monoisotopic (exact) mass is 326 g/mol. The molecule has 1 aliphatic heterocycles. The molecule has 1 aliphatic rings. The van der Waals surface area contributed by atoms with Gasteiger partial charge in [0.15, 0.2) is 0 Å². The first-order valence-corrected chi connectivity index (χ1v) is 9.04. The SMILES string of the molecule is O=S(=O)(c1cccc(F)c1)N1CCC[C@H](c2nccs2)C1. The van der Waals surface area contributed by atoms with Gasteiger partial charge in [-0.2, -0.15) is 4.31 Å².